The average Bonchev–Trinajstić information content (AvgIpc) is 3.30. The number of nitrogens with zero attached hydrogens (tertiary/aromatic N) is 3. The maximum absolute atomic E-state index is 12.5. The number of methoxy groups -OCH3 is 1. The number of aromatic nitrogens is 3. The molecule has 0 unspecified atom stereocenters. The Morgan fingerprint density at radius 2 is 1.83 bits per heavy atom. The molecule has 3 N–H and O–H groups in total. The van der Waals surface area contributed by atoms with Crippen LogP contribution in [0, 0.1) is 6.92 Å². The van der Waals surface area contributed by atoms with Crippen LogP contribution in [0.15, 0.2) is 83.1 Å². The molecular formula is C26H26N5O3S+. The van der Waals surface area contributed by atoms with Gasteiger partial charge in [0.15, 0.2) is 0 Å². The SMILES string of the molecule is COc1ccc(-[n+]2c(SCC(=O)N/N=C(/C)c3ccccc3O)n[nH]c2-c2ccc(C)cc2)cc1. The van der Waals surface area contributed by atoms with Crippen LogP contribution < -0.4 is 14.7 Å². The van der Waals surface area contributed by atoms with E-state index in [2.05, 4.69) is 20.7 Å². The normalized spacial score (nSPS) is 11.3. The smallest absolute Gasteiger partial charge is 0.342 e. The van der Waals surface area contributed by atoms with Crippen LogP contribution in [0.1, 0.15) is 18.1 Å². The fourth-order valence-corrected chi connectivity index (χ4v) is 4.18. The fourth-order valence-electron chi connectivity index (χ4n) is 3.42. The molecule has 4 rings (SSSR count). The van der Waals surface area contributed by atoms with Gasteiger partial charge in [0.2, 0.25) is 0 Å². The van der Waals surface area contributed by atoms with E-state index in [1.54, 1.807) is 38.3 Å². The Kier molecular flexibility index (Phi) is 7.47. The molecule has 0 aliphatic carbocycles. The number of rotatable bonds is 8. The van der Waals surface area contributed by atoms with Gasteiger partial charge in [-0.05, 0) is 74.1 Å². The van der Waals surface area contributed by atoms with E-state index >= 15 is 0 Å². The largest absolute Gasteiger partial charge is 0.507 e. The van der Waals surface area contributed by atoms with Gasteiger partial charge in [0, 0.05) is 5.56 Å². The summed E-state index contributed by atoms with van der Waals surface area (Å²) in [6, 6.07) is 22.6. The van der Waals surface area contributed by atoms with Gasteiger partial charge in [-0.25, -0.2) is 5.43 Å². The van der Waals surface area contributed by atoms with Crippen molar-refractivity contribution in [1.29, 1.82) is 0 Å². The van der Waals surface area contributed by atoms with Gasteiger partial charge in [0.25, 0.3) is 11.7 Å². The number of aromatic hydroxyl groups is 1. The number of H-pyrrole nitrogens is 1. The van der Waals surface area contributed by atoms with Crippen molar-refractivity contribution in [2.45, 2.75) is 19.0 Å². The molecule has 0 saturated carbocycles. The van der Waals surface area contributed by atoms with E-state index in [1.807, 2.05) is 60.0 Å². The van der Waals surface area contributed by atoms with Gasteiger partial charge in [0.05, 0.1) is 29.2 Å². The second-order valence-electron chi connectivity index (χ2n) is 7.79. The Bertz CT molecular complexity index is 1350. The molecule has 0 bridgehead atoms. The second-order valence-corrected chi connectivity index (χ2v) is 8.73. The Labute approximate surface area is 207 Å². The van der Waals surface area contributed by atoms with E-state index in [0.29, 0.717) is 16.4 Å². The highest BCUT2D eigenvalue weighted by Crippen LogP contribution is 2.22. The lowest BCUT2D eigenvalue weighted by Crippen LogP contribution is -2.34. The third kappa shape index (κ3) is 5.70. The highest BCUT2D eigenvalue weighted by atomic mass is 32.2. The van der Waals surface area contributed by atoms with Crippen LogP contribution in [0.2, 0.25) is 0 Å². The van der Waals surface area contributed by atoms with E-state index in [1.165, 1.54) is 11.8 Å². The molecule has 1 aromatic heterocycles. The van der Waals surface area contributed by atoms with Crippen molar-refractivity contribution in [3.05, 3.63) is 83.9 Å². The van der Waals surface area contributed by atoms with Crippen molar-refractivity contribution < 1.29 is 19.2 Å². The molecule has 0 aliphatic rings. The van der Waals surface area contributed by atoms with Gasteiger partial charge in [-0.2, -0.15) is 9.67 Å². The number of amides is 1. The quantitative estimate of drug-likeness (QED) is 0.151. The first-order chi connectivity index (χ1) is 17.0. The minimum atomic E-state index is -0.286. The van der Waals surface area contributed by atoms with Crippen molar-refractivity contribution in [2.75, 3.05) is 12.9 Å². The molecule has 0 atom stereocenters. The summed E-state index contributed by atoms with van der Waals surface area (Å²) >= 11 is 1.29. The summed E-state index contributed by atoms with van der Waals surface area (Å²) in [6.07, 6.45) is 0. The molecule has 0 radical (unpaired) electrons. The van der Waals surface area contributed by atoms with Crippen LogP contribution in [0.25, 0.3) is 17.1 Å². The molecule has 4 aromatic rings. The first kappa shape index (κ1) is 24.0. The zero-order valence-electron chi connectivity index (χ0n) is 19.6. The lowest BCUT2D eigenvalue weighted by molar-refractivity contribution is -0.625. The number of hydrazone groups is 1. The van der Waals surface area contributed by atoms with Crippen LogP contribution >= 0.6 is 11.8 Å². The minimum absolute atomic E-state index is 0.103. The van der Waals surface area contributed by atoms with Gasteiger partial charge < -0.3 is 9.84 Å². The molecule has 0 aliphatic heterocycles. The zero-order valence-corrected chi connectivity index (χ0v) is 20.5. The molecule has 3 aromatic carbocycles. The summed E-state index contributed by atoms with van der Waals surface area (Å²) in [5.74, 6) is 1.47. The Balaban J connectivity index is 1.55. The van der Waals surface area contributed by atoms with Crippen molar-refractivity contribution in [2.24, 2.45) is 5.10 Å². The first-order valence-electron chi connectivity index (χ1n) is 10.9. The van der Waals surface area contributed by atoms with Crippen LogP contribution in [0.3, 0.4) is 0 Å². The maximum atomic E-state index is 12.5. The maximum Gasteiger partial charge on any atom is 0.342 e. The van der Waals surface area contributed by atoms with Crippen LogP contribution in [-0.2, 0) is 4.79 Å². The summed E-state index contributed by atoms with van der Waals surface area (Å²) in [4.78, 5) is 12.5. The Morgan fingerprint density at radius 3 is 2.51 bits per heavy atom. The number of carbonyl (C=O) groups is 1. The fraction of sp³-hybridized carbons (Fsp3) is 0.154. The van der Waals surface area contributed by atoms with Crippen molar-refractivity contribution in [3.63, 3.8) is 0 Å². The summed E-state index contributed by atoms with van der Waals surface area (Å²) in [7, 11) is 1.63. The van der Waals surface area contributed by atoms with E-state index in [4.69, 9.17) is 4.74 Å². The molecule has 35 heavy (non-hydrogen) atoms. The number of hydrogen-bond donors (Lipinski definition) is 3. The number of phenolic OH excluding ortho intramolecular Hbond substituents is 1. The van der Waals surface area contributed by atoms with Crippen molar-refractivity contribution in [3.8, 4) is 28.6 Å². The monoisotopic (exact) mass is 488 g/mol. The summed E-state index contributed by atoms with van der Waals surface area (Å²) in [6.45, 7) is 3.76. The predicted octanol–water partition coefficient (Wildman–Crippen LogP) is 4.01. The van der Waals surface area contributed by atoms with E-state index in [-0.39, 0.29) is 17.4 Å². The number of carbonyl (C=O) groups excluding carboxylic acids is 1. The highest BCUT2D eigenvalue weighted by molar-refractivity contribution is 7.99. The number of nitrogens with one attached hydrogen (secondary N) is 2. The number of hydrogen-bond acceptors (Lipinski definition) is 6. The van der Waals surface area contributed by atoms with Crippen LogP contribution in [0.4, 0.5) is 0 Å². The Hall–Kier alpha value is -4.11. The molecule has 0 fully saturated rings. The van der Waals surface area contributed by atoms with Gasteiger partial charge in [-0.3, -0.25) is 4.79 Å². The molecule has 8 nitrogen and oxygen atoms in total. The Morgan fingerprint density at radius 1 is 1.11 bits per heavy atom. The third-order valence-corrected chi connectivity index (χ3v) is 6.24. The van der Waals surface area contributed by atoms with Crippen LogP contribution in [-0.4, -0.2) is 39.8 Å². The van der Waals surface area contributed by atoms with Gasteiger partial charge in [-0.15, -0.1) is 5.10 Å². The number of benzene rings is 3. The zero-order chi connectivity index (χ0) is 24.8. The molecule has 178 valence electrons. The number of aryl methyl sites for hydroxylation is 1. The third-order valence-electron chi connectivity index (χ3n) is 5.30. The van der Waals surface area contributed by atoms with Gasteiger partial charge >= 0.3 is 5.16 Å². The standard InChI is InChI=1S/C26H25N5O3S/c1-17-8-10-19(11-9-17)25-29-30-26(31(25)20-12-14-21(34-3)15-13-20)35-16-24(33)28-27-18(2)22-6-4-5-7-23(22)32/h4-15H,16H2,1-3H3,(H2,27,28,32,33)/p+1. The molecule has 0 saturated heterocycles. The molecule has 9 heteroatoms. The van der Waals surface area contributed by atoms with Crippen molar-refractivity contribution >= 4 is 23.4 Å². The lowest BCUT2D eigenvalue weighted by Gasteiger charge is -2.06. The van der Waals surface area contributed by atoms with E-state index in [0.717, 1.165) is 28.4 Å². The summed E-state index contributed by atoms with van der Waals surface area (Å²) in [5, 5.41) is 22.3. The summed E-state index contributed by atoms with van der Waals surface area (Å²) in [5.41, 5.74) is 6.64. The highest BCUT2D eigenvalue weighted by Gasteiger charge is 2.24. The number of phenols is 1. The average molecular weight is 489 g/mol. The molecule has 1 heterocycles. The van der Waals surface area contributed by atoms with Gasteiger partial charge in [-0.1, -0.05) is 29.8 Å². The first-order valence-corrected chi connectivity index (χ1v) is 11.9. The summed E-state index contributed by atoms with van der Waals surface area (Å²) < 4.78 is 7.26. The predicted molar refractivity (Wildman–Crippen MR) is 136 cm³/mol. The molecule has 1 amide bonds. The molecular weight excluding hydrogens is 462 g/mol. The topological polar surface area (TPSA) is 103 Å². The number of thioether (sulfide) groups is 1. The molecule has 0 spiro atoms. The number of aromatic amines is 1. The van der Waals surface area contributed by atoms with E-state index in [9.17, 15) is 9.90 Å². The second kappa shape index (κ2) is 10.9. The van der Waals surface area contributed by atoms with E-state index < -0.39 is 0 Å². The minimum Gasteiger partial charge on any atom is -0.507 e. The van der Waals surface area contributed by atoms with Crippen LogP contribution in [0.5, 0.6) is 11.5 Å². The number of ether oxygens (including phenoxy) is 1. The van der Waals surface area contributed by atoms with Crippen molar-refractivity contribution in [1.82, 2.24) is 15.6 Å². The van der Waals surface area contributed by atoms with Gasteiger partial charge in [0.1, 0.15) is 17.2 Å². The number of para-hydroxylation sites is 1. The lowest BCUT2D eigenvalue weighted by atomic mass is 10.1.